The molecule has 0 amide bonds. The van der Waals surface area contributed by atoms with Crippen LogP contribution < -0.4 is 9.80 Å². The number of rotatable bonds is 4. The van der Waals surface area contributed by atoms with Crippen LogP contribution >= 0.6 is 11.3 Å². The Morgan fingerprint density at radius 1 is 0.931 bits per heavy atom. The van der Waals surface area contributed by atoms with Gasteiger partial charge in [0.1, 0.15) is 0 Å². The van der Waals surface area contributed by atoms with E-state index in [1.165, 1.54) is 21.0 Å². The Balaban J connectivity index is 1.22. The van der Waals surface area contributed by atoms with Gasteiger partial charge in [-0.05, 0) is 25.1 Å². The number of hydrogen-bond acceptors (Lipinski definition) is 8. The van der Waals surface area contributed by atoms with Gasteiger partial charge in [-0.3, -0.25) is 4.90 Å². The Kier molecular flexibility index (Phi) is 5.12. The van der Waals surface area contributed by atoms with E-state index in [1.54, 1.807) is 12.4 Å². The first-order valence-corrected chi connectivity index (χ1v) is 11.0. The minimum absolute atomic E-state index is 0.805. The second-order valence-electron chi connectivity index (χ2n) is 7.64. The summed E-state index contributed by atoms with van der Waals surface area (Å²) in [5.41, 5.74) is 2.48. The fraction of sp³-hybridized carbons (Fsp3) is 0.429. The monoisotopic (exact) mass is 407 g/mol. The summed E-state index contributed by atoms with van der Waals surface area (Å²) in [6.07, 6.45) is 6.62. The van der Waals surface area contributed by atoms with Crippen LogP contribution in [-0.4, -0.2) is 57.6 Å². The molecule has 7 nitrogen and oxygen atoms in total. The summed E-state index contributed by atoms with van der Waals surface area (Å²) in [6, 6.07) is 6.30. The van der Waals surface area contributed by atoms with Crippen LogP contribution in [0.1, 0.15) is 21.0 Å². The lowest BCUT2D eigenvalue weighted by atomic mass is 10.1. The highest BCUT2D eigenvalue weighted by Crippen LogP contribution is 2.24. The molecule has 0 N–H and O–H groups in total. The number of thiophene rings is 1. The van der Waals surface area contributed by atoms with Gasteiger partial charge in [-0.15, -0.1) is 11.3 Å². The quantitative estimate of drug-likeness (QED) is 0.659. The first kappa shape index (κ1) is 18.4. The van der Waals surface area contributed by atoms with Crippen LogP contribution in [0.3, 0.4) is 0 Å². The molecule has 5 heterocycles. The molecule has 0 bridgehead atoms. The third-order valence-corrected chi connectivity index (χ3v) is 6.56. The van der Waals surface area contributed by atoms with Crippen LogP contribution in [0.5, 0.6) is 0 Å². The van der Waals surface area contributed by atoms with E-state index in [0.29, 0.717) is 0 Å². The Labute approximate surface area is 175 Å². The van der Waals surface area contributed by atoms with Gasteiger partial charge in [-0.2, -0.15) is 0 Å². The molecule has 0 aromatic carbocycles. The molecule has 5 rings (SSSR count). The molecule has 0 atom stereocenters. The van der Waals surface area contributed by atoms with E-state index in [2.05, 4.69) is 43.7 Å². The van der Waals surface area contributed by atoms with Crippen molar-refractivity contribution in [3.63, 3.8) is 0 Å². The minimum atomic E-state index is 0.805. The van der Waals surface area contributed by atoms with E-state index in [9.17, 15) is 0 Å². The molecule has 1 saturated heterocycles. The van der Waals surface area contributed by atoms with E-state index in [-0.39, 0.29) is 0 Å². The minimum Gasteiger partial charge on any atom is -0.337 e. The van der Waals surface area contributed by atoms with E-state index in [1.807, 2.05) is 23.6 Å². The van der Waals surface area contributed by atoms with Crippen LogP contribution in [0.2, 0.25) is 0 Å². The molecule has 0 radical (unpaired) electrons. The van der Waals surface area contributed by atoms with Crippen molar-refractivity contribution in [3.8, 4) is 0 Å². The van der Waals surface area contributed by atoms with E-state index in [4.69, 9.17) is 9.97 Å². The molecule has 150 valence electrons. The lowest BCUT2D eigenvalue weighted by molar-refractivity contribution is 0.245. The highest BCUT2D eigenvalue weighted by atomic mass is 32.1. The van der Waals surface area contributed by atoms with Crippen molar-refractivity contribution in [1.29, 1.82) is 0 Å². The zero-order valence-electron chi connectivity index (χ0n) is 16.7. The predicted molar refractivity (Wildman–Crippen MR) is 115 cm³/mol. The molecule has 0 saturated carbocycles. The lowest BCUT2D eigenvalue weighted by Crippen LogP contribution is -2.47. The molecule has 0 unspecified atom stereocenters. The van der Waals surface area contributed by atoms with Gasteiger partial charge in [0, 0.05) is 86.1 Å². The number of anilines is 2. The summed E-state index contributed by atoms with van der Waals surface area (Å²) in [5, 5.41) is 0. The summed E-state index contributed by atoms with van der Waals surface area (Å²) < 4.78 is 0. The topological polar surface area (TPSA) is 61.3 Å². The second-order valence-corrected chi connectivity index (χ2v) is 9.01. The standard InChI is InChI=1S/C21H25N7S/c1-16-3-4-18(29-16)15-26-8-5-19-17(14-26)13-24-21(25-19)28-11-9-27(10-12-28)20-22-6-2-7-23-20/h2-4,6-7,13H,5,8-12,14-15H2,1H3. The Morgan fingerprint density at radius 2 is 1.69 bits per heavy atom. The van der Waals surface area contributed by atoms with Crippen LogP contribution in [0.15, 0.2) is 36.8 Å². The van der Waals surface area contributed by atoms with E-state index < -0.39 is 0 Å². The van der Waals surface area contributed by atoms with Gasteiger partial charge >= 0.3 is 0 Å². The molecule has 8 heteroatoms. The maximum atomic E-state index is 4.92. The number of hydrogen-bond donors (Lipinski definition) is 0. The van der Waals surface area contributed by atoms with Gasteiger partial charge in [0.2, 0.25) is 11.9 Å². The van der Waals surface area contributed by atoms with Gasteiger partial charge in [-0.25, -0.2) is 19.9 Å². The molecule has 3 aromatic heterocycles. The molecular weight excluding hydrogens is 382 g/mol. The van der Waals surface area contributed by atoms with Gasteiger partial charge in [0.25, 0.3) is 0 Å². The molecule has 29 heavy (non-hydrogen) atoms. The van der Waals surface area contributed by atoms with Gasteiger partial charge in [-0.1, -0.05) is 0 Å². The lowest BCUT2D eigenvalue weighted by Gasteiger charge is -2.35. The predicted octanol–water partition coefficient (Wildman–Crippen LogP) is 2.52. The smallest absolute Gasteiger partial charge is 0.225 e. The van der Waals surface area contributed by atoms with Gasteiger partial charge in [0.15, 0.2) is 0 Å². The SMILES string of the molecule is Cc1ccc(CN2CCc3nc(N4CCN(c5ncccn5)CC4)ncc3C2)s1. The third-order valence-electron chi connectivity index (χ3n) is 5.57. The number of aryl methyl sites for hydroxylation is 1. The summed E-state index contributed by atoms with van der Waals surface area (Å²) in [7, 11) is 0. The Morgan fingerprint density at radius 3 is 2.41 bits per heavy atom. The van der Waals surface area contributed by atoms with Crippen molar-refractivity contribution in [1.82, 2.24) is 24.8 Å². The average molecular weight is 408 g/mol. The van der Waals surface area contributed by atoms with Crippen molar-refractivity contribution in [2.45, 2.75) is 26.4 Å². The zero-order chi connectivity index (χ0) is 19.6. The number of piperazine rings is 1. The third kappa shape index (κ3) is 4.09. The fourth-order valence-corrected chi connectivity index (χ4v) is 4.94. The molecule has 3 aromatic rings. The van der Waals surface area contributed by atoms with Crippen molar-refractivity contribution in [3.05, 3.63) is 57.8 Å². The summed E-state index contributed by atoms with van der Waals surface area (Å²) >= 11 is 1.89. The van der Waals surface area contributed by atoms with Crippen molar-refractivity contribution >= 4 is 23.2 Å². The number of aromatic nitrogens is 4. The van der Waals surface area contributed by atoms with Crippen molar-refractivity contribution < 1.29 is 0 Å². The highest BCUT2D eigenvalue weighted by Gasteiger charge is 2.23. The summed E-state index contributed by atoms with van der Waals surface area (Å²) in [6.45, 7) is 8.73. The van der Waals surface area contributed by atoms with Crippen LogP contribution in [-0.2, 0) is 19.5 Å². The summed E-state index contributed by atoms with van der Waals surface area (Å²) in [5.74, 6) is 1.67. The van der Waals surface area contributed by atoms with Crippen LogP contribution in [0.4, 0.5) is 11.9 Å². The van der Waals surface area contributed by atoms with E-state index in [0.717, 1.165) is 64.1 Å². The maximum Gasteiger partial charge on any atom is 0.225 e. The van der Waals surface area contributed by atoms with Crippen molar-refractivity contribution in [2.24, 2.45) is 0 Å². The number of fused-ring (bicyclic) bond motifs is 1. The van der Waals surface area contributed by atoms with Crippen LogP contribution in [0, 0.1) is 6.92 Å². The molecule has 0 spiro atoms. The Hall–Kier alpha value is -2.58. The van der Waals surface area contributed by atoms with Crippen LogP contribution in [0.25, 0.3) is 0 Å². The first-order chi connectivity index (χ1) is 14.2. The molecule has 2 aliphatic heterocycles. The fourth-order valence-electron chi connectivity index (χ4n) is 4.00. The zero-order valence-corrected chi connectivity index (χ0v) is 17.5. The summed E-state index contributed by atoms with van der Waals surface area (Å²) in [4.78, 5) is 28.1. The van der Waals surface area contributed by atoms with E-state index >= 15 is 0 Å². The second kappa shape index (κ2) is 8.04. The normalized spacial score (nSPS) is 17.4. The molecule has 0 aliphatic carbocycles. The Bertz CT molecular complexity index is 966. The largest absolute Gasteiger partial charge is 0.337 e. The number of nitrogens with zero attached hydrogens (tertiary/aromatic N) is 7. The van der Waals surface area contributed by atoms with Gasteiger partial charge in [0.05, 0.1) is 5.69 Å². The van der Waals surface area contributed by atoms with Crippen molar-refractivity contribution in [2.75, 3.05) is 42.5 Å². The maximum absolute atomic E-state index is 4.92. The first-order valence-electron chi connectivity index (χ1n) is 10.1. The average Bonchev–Trinajstić information content (AvgIpc) is 3.18. The molecule has 1 fully saturated rings. The highest BCUT2D eigenvalue weighted by molar-refractivity contribution is 7.11. The molecular formula is C21H25N7S. The van der Waals surface area contributed by atoms with Gasteiger partial charge < -0.3 is 9.80 Å². The molecule has 2 aliphatic rings.